The maximum Gasteiger partial charge on any atom is 0.121 e. The van der Waals surface area contributed by atoms with E-state index < -0.39 is 0 Å². The molecule has 4 nitrogen and oxygen atoms in total. The molecule has 0 aliphatic rings. The second-order valence-corrected chi connectivity index (χ2v) is 4.11. The number of benzene rings is 1. The van der Waals surface area contributed by atoms with E-state index >= 15 is 0 Å². The predicted molar refractivity (Wildman–Crippen MR) is 73.3 cm³/mol. The predicted octanol–water partition coefficient (Wildman–Crippen LogP) is 2.94. The lowest BCUT2D eigenvalue weighted by Gasteiger charge is -2.03. The Morgan fingerprint density at radius 2 is 1.89 bits per heavy atom. The first-order valence-corrected chi connectivity index (χ1v) is 5.96. The first kappa shape index (κ1) is 11.5. The highest BCUT2D eigenvalue weighted by atomic mass is 16.5. The Bertz CT molecular complexity index is 677. The van der Waals surface area contributed by atoms with Crippen LogP contribution in [0.3, 0.4) is 0 Å². The molecule has 2 heterocycles. The summed E-state index contributed by atoms with van der Waals surface area (Å²) in [5, 5.41) is 4.38. The van der Waals surface area contributed by atoms with Gasteiger partial charge in [0, 0.05) is 30.2 Å². The van der Waals surface area contributed by atoms with E-state index in [1.165, 1.54) is 0 Å². The number of hydrogen-bond donors (Lipinski definition) is 0. The first-order chi connectivity index (χ1) is 9.36. The fourth-order valence-electron chi connectivity index (χ4n) is 1.91. The van der Waals surface area contributed by atoms with Crippen molar-refractivity contribution in [1.82, 2.24) is 14.8 Å². The molecule has 0 saturated heterocycles. The number of hydrogen-bond acceptors (Lipinski definition) is 3. The van der Waals surface area contributed by atoms with Crippen molar-refractivity contribution in [3.8, 4) is 22.6 Å². The van der Waals surface area contributed by atoms with Gasteiger partial charge in [-0.05, 0) is 29.8 Å². The summed E-state index contributed by atoms with van der Waals surface area (Å²) >= 11 is 0. The zero-order valence-electron chi connectivity index (χ0n) is 10.5. The molecule has 3 aromatic rings. The van der Waals surface area contributed by atoms with Gasteiger partial charge in [0.15, 0.2) is 0 Å². The van der Waals surface area contributed by atoms with E-state index in [-0.39, 0.29) is 0 Å². The summed E-state index contributed by atoms with van der Waals surface area (Å²) in [5.74, 6) is 0.818. The lowest BCUT2D eigenvalue weighted by atomic mass is 10.1. The molecule has 1 aromatic carbocycles. The van der Waals surface area contributed by atoms with Crippen LogP contribution < -0.4 is 4.74 Å². The Hall–Kier alpha value is -2.62. The van der Waals surface area contributed by atoms with E-state index in [9.17, 15) is 0 Å². The Kier molecular flexibility index (Phi) is 2.98. The Morgan fingerprint density at radius 1 is 1.05 bits per heavy atom. The molecule has 0 radical (unpaired) electrons. The highest BCUT2D eigenvalue weighted by Crippen LogP contribution is 2.21. The third kappa shape index (κ3) is 2.33. The van der Waals surface area contributed by atoms with Gasteiger partial charge in [0.1, 0.15) is 5.75 Å². The molecule has 0 N–H and O–H groups in total. The smallest absolute Gasteiger partial charge is 0.121 e. The van der Waals surface area contributed by atoms with Gasteiger partial charge in [-0.1, -0.05) is 6.07 Å². The van der Waals surface area contributed by atoms with Gasteiger partial charge in [0.2, 0.25) is 0 Å². The maximum absolute atomic E-state index is 5.22. The van der Waals surface area contributed by atoms with Crippen LogP contribution in [-0.2, 0) is 0 Å². The van der Waals surface area contributed by atoms with Gasteiger partial charge >= 0.3 is 0 Å². The van der Waals surface area contributed by atoms with Crippen molar-refractivity contribution in [1.29, 1.82) is 0 Å². The van der Waals surface area contributed by atoms with Crippen LogP contribution in [-0.4, -0.2) is 21.9 Å². The number of rotatable bonds is 3. The van der Waals surface area contributed by atoms with Crippen molar-refractivity contribution in [2.45, 2.75) is 0 Å². The van der Waals surface area contributed by atoms with Gasteiger partial charge in [-0.25, -0.2) is 4.68 Å². The molecule has 0 amide bonds. The summed E-state index contributed by atoms with van der Waals surface area (Å²) in [7, 11) is 1.66. The van der Waals surface area contributed by atoms with Crippen molar-refractivity contribution in [3.05, 3.63) is 61.2 Å². The number of ether oxygens (including phenoxy) is 1. The Morgan fingerprint density at radius 3 is 2.68 bits per heavy atom. The third-order valence-electron chi connectivity index (χ3n) is 2.91. The molecule has 0 bridgehead atoms. The minimum atomic E-state index is 0.818. The van der Waals surface area contributed by atoms with Crippen LogP contribution >= 0.6 is 0 Å². The van der Waals surface area contributed by atoms with Gasteiger partial charge in [0.05, 0.1) is 19.0 Å². The summed E-state index contributed by atoms with van der Waals surface area (Å²) in [4.78, 5) is 4.01. The highest BCUT2D eigenvalue weighted by molar-refractivity contribution is 5.61. The van der Waals surface area contributed by atoms with E-state index in [1.807, 2.05) is 53.5 Å². The monoisotopic (exact) mass is 251 g/mol. The Balaban J connectivity index is 1.97. The van der Waals surface area contributed by atoms with E-state index in [4.69, 9.17) is 4.74 Å². The number of methoxy groups -OCH3 is 1. The fourth-order valence-corrected chi connectivity index (χ4v) is 1.91. The van der Waals surface area contributed by atoms with E-state index in [0.717, 1.165) is 22.6 Å². The molecular weight excluding hydrogens is 238 g/mol. The summed E-state index contributed by atoms with van der Waals surface area (Å²) < 4.78 is 7.05. The quantitative estimate of drug-likeness (QED) is 0.718. The van der Waals surface area contributed by atoms with E-state index in [0.29, 0.717) is 0 Å². The average Bonchev–Trinajstić information content (AvgIpc) is 2.98. The molecular formula is C15H13N3O. The number of pyridine rings is 1. The van der Waals surface area contributed by atoms with Crippen LogP contribution in [0.4, 0.5) is 0 Å². The summed E-state index contributed by atoms with van der Waals surface area (Å²) in [6.07, 6.45) is 7.38. The van der Waals surface area contributed by atoms with Gasteiger partial charge in [0.25, 0.3) is 0 Å². The van der Waals surface area contributed by atoms with Crippen molar-refractivity contribution in [2.75, 3.05) is 7.11 Å². The Labute approximate surface area is 111 Å². The molecule has 0 atom stereocenters. The molecule has 94 valence electrons. The van der Waals surface area contributed by atoms with Crippen molar-refractivity contribution in [2.24, 2.45) is 0 Å². The van der Waals surface area contributed by atoms with Crippen molar-refractivity contribution < 1.29 is 4.74 Å². The number of nitrogens with zero attached hydrogens (tertiary/aromatic N) is 3. The molecule has 0 aliphatic carbocycles. The van der Waals surface area contributed by atoms with Gasteiger partial charge in [-0.2, -0.15) is 5.10 Å². The fraction of sp³-hybridized carbons (Fsp3) is 0.0667. The average molecular weight is 251 g/mol. The standard InChI is InChI=1S/C15H13N3O/c1-19-15-4-2-3-14(9-15)18-11-13(10-17-18)12-5-7-16-8-6-12/h2-11H,1H3. The van der Waals surface area contributed by atoms with Crippen LogP contribution in [0.1, 0.15) is 0 Å². The first-order valence-electron chi connectivity index (χ1n) is 5.96. The summed E-state index contributed by atoms with van der Waals surface area (Å²) in [6, 6.07) is 11.7. The van der Waals surface area contributed by atoms with Crippen molar-refractivity contribution >= 4 is 0 Å². The molecule has 0 saturated carbocycles. The van der Waals surface area contributed by atoms with Gasteiger partial charge < -0.3 is 4.74 Å². The molecule has 19 heavy (non-hydrogen) atoms. The van der Waals surface area contributed by atoms with Gasteiger partial charge in [-0.15, -0.1) is 0 Å². The van der Waals surface area contributed by atoms with Gasteiger partial charge in [-0.3, -0.25) is 4.98 Å². The molecule has 3 rings (SSSR count). The minimum Gasteiger partial charge on any atom is -0.497 e. The molecule has 0 aliphatic heterocycles. The molecule has 0 spiro atoms. The van der Waals surface area contributed by atoms with Crippen LogP contribution in [0.2, 0.25) is 0 Å². The second-order valence-electron chi connectivity index (χ2n) is 4.11. The number of aromatic nitrogens is 3. The minimum absolute atomic E-state index is 0.818. The summed E-state index contributed by atoms with van der Waals surface area (Å²) in [5.41, 5.74) is 3.13. The second kappa shape index (κ2) is 4.94. The highest BCUT2D eigenvalue weighted by Gasteiger charge is 2.03. The largest absolute Gasteiger partial charge is 0.497 e. The normalized spacial score (nSPS) is 10.4. The molecule has 4 heteroatoms. The van der Waals surface area contributed by atoms with Crippen LogP contribution in [0.5, 0.6) is 5.75 Å². The van der Waals surface area contributed by atoms with Crippen LogP contribution in [0.15, 0.2) is 61.2 Å². The van der Waals surface area contributed by atoms with E-state index in [2.05, 4.69) is 10.1 Å². The van der Waals surface area contributed by atoms with E-state index in [1.54, 1.807) is 19.5 Å². The molecule has 0 unspecified atom stereocenters. The lowest BCUT2D eigenvalue weighted by molar-refractivity contribution is 0.414. The topological polar surface area (TPSA) is 39.9 Å². The SMILES string of the molecule is COc1cccc(-n2cc(-c3ccncc3)cn2)c1. The maximum atomic E-state index is 5.22. The zero-order valence-corrected chi connectivity index (χ0v) is 10.5. The zero-order chi connectivity index (χ0) is 13.1. The molecule has 2 aromatic heterocycles. The molecule has 0 fully saturated rings. The lowest BCUT2D eigenvalue weighted by Crippen LogP contribution is -1.94. The van der Waals surface area contributed by atoms with Crippen molar-refractivity contribution in [3.63, 3.8) is 0 Å². The third-order valence-corrected chi connectivity index (χ3v) is 2.91. The summed E-state index contributed by atoms with van der Waals surface area (Å²) in [6.45, 7) is 0. The van der Waals surface area contributed by atoms with Crippen LogP contribution in [0, 0.1) is 0 Å². The van der Waals surface area contributed by atoms with Crippen LogP contribution in [0.25, 0.3) is 16.8 Å².